The molecule has 0 aromatic carbocycles. The smallest absolute Gasteiger partial charge is 0.244 e. The van der Waals surface area contributed by atoms with Gasteiger partial charge < -0.3 is 15.0 Å². The number of hydrogen-bond acceptors (Lipinski definition) is 4. The third-order valence-corrected chi connectivity index (χ3v) is 3.01. The van der Waals surface area contributed by atoms with Crippen LogP contribution < -0.4 is 10.2 Å². The van der Waals surface area contributed by atoms with Crippen LogP contribution in [0, 0.1) is 0 Å². The lowest BCUT2D eigenvalue weighted by Gasteiger charge is -2.13. The molecule has 0 aliphatic carbocycles. The highest BCUT2D eigenvalue weighted by molar-refractivity contribution is 5.99. The van der Waals surface area contributed by atoms with E-state index in [0.717, 1.165) is 18.7 Å². The zero-order valence-electron chi connectivity index (χ0n) is 10.2. The summed E-state index contributed by atoms with van der Waals surface area (Å²) in [5.74, 6) is 0.124. The molecule has 17 heavy (non-hydrogen) atoms. The van der Waals surface area contributed by atoms with Gasteiger partial charge in [-0.2, -0.15) is 5.10 Å². The summed E-state index contributed by atoms with van der Waals surface area (Å²) in [5, 5.41) is 7.22. The number of hydrogen-bond donors (Lipinski definition) is 1. The van der Waals surface area contributed by atoms with Crippen LogP contribution in [0.2, 0.25) is 0 Å². The average molecular weight is 238 g/mol. The van der Waals surface area contributed by atoms with Crippen molar-refractivity contribution >= 4 is 11.6 Å². The molecule has 2 rings (SSSR count). The van der Waals surface area contributed by atoms with Crippen molar-refractivity contribution in [1.29, 1.82) is 0 Å². The van der Waals surface area contributed by atoms with Gasteiger partial charge >= 0.3 is 0 Å². The van der Waals surface area contributed by atoms with Gasteiger partial charge in [0.15, 0.2) is 0 Å². The molecule has 1 unspecified atom stereocenters. The molecule has 1 saturated heterocycles. The van der Waals surface area contributed by atoms with Gasteiger partial charge in [-0.3, -0.25) is 9.48 Å². The topological polar surface area (TPSA) is 59.4 Å². The van der Waals surface area contributed by atoms with E-state index in [4.69, 9.17) is 4.74 Å². The van der Waals surface area contributed by atoms with Crippen molar-refractivity contribution in [2.75, 3.05) is 32.2 Å². The summed E-state index contributed by atoms with van der Waals surface area (Å²) >= 11 is 0. The quantitative estimate of drug-likeness (QED) is 0.775. The van der Waals surface area contributed by atoms with Crippen molar-refractivity contribution in [3.63, 3.8) is 0 Å². The number of methoxy groups -OCH3 is 1. The van der Waals surface area contributed by atoms with Gasteiger partial charge in [-0.15, -0.1) is 0 Å². The Labute approximate surface area is 101 Å². The number of carbonyl (C=O) groups excluding carboxylic acids is 1. The Bertz CT molecular complexity index is 391. The second kappa shape index (κ2) is 5.29. The highest BCUT2D eigenvalue weighted by atomic mass is 16.5. The molecule has 0 spiro atoms. The lowest BCUT2D eigenvalue weighted by molar-refractivity contribution is -0.118. The fraction of sp³-hybridized carbons (Fsp3) is 0.636. The number of rotatable bonds is 5. The number of aromatic nitrogens is 2. The second-order valence-electron chi connectivity index (χ2n) is 4.07. The maximum atomic E-state index is 12.0. The lowest BCUT2D eigenvalue weighted by Crippen LogP contribution is -2.36. The molecule has 1 N–H and O–H groups in total. The van der Waals surface area contributed by atoms with Crippen LogP contribution >= 0.6 is 0 Å². The number of ether oxygens (including phenoxy) is 1. The first kappa shape index (κ1) is 12.1. The molecule has 1 aromatic heterocycles. The van der Waals surface area contributed by atoms with Crippen LogP contribution in [0.1, 0.15) is 6.42 Å². The summed E-state index contributed by atoms with van der Waals surface area (Å²) in [6.07, 6.45) is 4.46. The number of anilines is 1. The van der Waals surface area contributed by atoms with Gasteiger partial charge in [0.05, 0.1) is 31.1 Å². The maximum Gasteiger partial charge on any atom is 0.244 e. The number of likely N-dealkylation sites (N-methyl/N-ethyl adjacent to an activating group) is 1. The third kappa shape index (κ3) is 2.48. The molecule has 1 aliphatic rings. The van der Waals surface area contributed by atoms with E-state index < -0.39 is 0 Å². The standard InChI is InChI=1S/C11H18N4O2/c1-12-10-3-4-15(11(10)16)9-7-13-14(8-9)5-6-17-2/h7-8,10,12H,3-6H2,1-2H3. The summed E-state index contributed by atoms with van der Waals surface area (Å²) in [6.45, 7) is 2.07. The highest BCUT2D eigenvalue weighted by Crippen LogP contribution is 2.20. The molecule has 94 valence electrons. The maximum absolute atomic E-state index is 12.0. The van der Waals surface area contributed by atoms with Crippen LogP contribution in [0.15, 0.2) is 12.4 Å². The Kier molecular flexibility index (Phi) is 3.75. The molecule has 0 radical (unpaired) electrons. The number of nitrogens with one attached hydrogen (secondary N) is 1. The normalized spacial score (nSPS) is 20.2. The first-order valence-corrected chi connectivity index (χ1v) is 5.76. The Morgan fingerprint density at radius 3 is 3.12 bits per heavy atom. The predicted molar refractivity (Wildman–Crippen MR) is 63.9 cm³/mol. The first-order valence-electron chi connectivity index (χ1n) is 5.76. The van der Waals surface area contributed by atoms with E-state index in [1.807, 2.05) is 13.2 Å². The number of nitrogens with zero attached hydrogens (tertiary/aromatic N) is 3. The molecule has 6 nitrogen and oxygen atoms in total. The highest BCUT2D eigenvalue weighted by Gasteiger charge is 2.31. The van der Waals surface area contributed by atoms with Gasteiger partial charge in [0.2, 0.25) is 5.91 Å². The Morgan fingerprint density at radius 2 is 2.47 bits per heavy atom. The average Bonchev–Trinajstić information content (AvgIpc) is 2.92. The van der Waals surface area contributed by atoms with Crippen LogP contribution in [-0.2, 0) is 16.1 Å². The largest absolute Gasteiger partial charge is 0.383 e. The summed E-state index contributed by atoms with van der Waals surface area (Å²) in [5.41, 5.74) is 0.865. The predicted octanol–water partition coefficient (Wildman–Crippen LogP) is -0.146. The molecule has 1 aromatic rings. The van der Waals surface area contributed by atoms with Crippen LogP contribution in [-0.4, -0.2) is 49.0 Å². The van der Waals surface area contributed by atoms with E-state index in [-0.39, 0.29) is 11.9 Å². The summed E-state index contributed by atoms with van der Waals surface area (Å²) < 4.78 is 6.78. The summed E-state index contributed by atoms with van der Waals surface area (Å²) in [4.78, 5) is 13.7. The van der Waals surface area contributed by atoms with Crippen molar-refractivity contribution in [3.05, 3.63) is 12.4 Å². The van der Waals surface area contributed by atoms with Gasteiger partial charge in [0, 0.05) is 19.9 Å². The van der Waals surface area contributed by atoms with Crippen molar-refractivity contribution in [2.45, 2.75) is 19.0 Å². The molecule has 1 amide bonds. The van der Waals surface area contributed by atoms with Crippen molar-refractivity contribution in [2.24, 2.45) is 0 Å². The van der Waals surface area contributed by atoms with Crippen LogP contribution in [0.3, 0.4) is 0 Å². The van der Waals surface area contributed by atoms with Gasteiger partial charge in [0.25, 0.3) is 0 Å². The van der Waals surface area contributed by atoms with E-state index in [1.54, 1.807) is 22.9 Å². The monoisotopic (exact) mass is 238 g/mol. The second-order valence-corrected chi connectivity index (χ2v) is 4.07. The van der Waals surface area contributed by atoms with Crippen LogP contribution in [0.4, 0.5) is 5.69 Å². The van der Waals surface area contributed by atoms with E-state index in [0.29, 0.717) is 13.2 Å². The van der Waals surface area contributed by atoms with E-state index in [2.05, 4.69) is 10.4 Å². The van der Waals surface area contributed by atoms with E-state index >= 15 is 0 Å². The fourth-order valence-corrected chi connectivity index (χ4v) is 2.00. The minimum atomic E-state index is -0.0580. The Morgan fingerprint density at radius 1 is 1.65 bits per heavy atom. The zero-order valence-corrected chi connectivity index (χ0v) is 10.2. The molecule has 1 atom stereocenters. The van der Waals surface area contributed by atoms with Crippen LogP contribution in [0.25, 0.3) is 0 Å². The number of amides is 1. The molecule has 0 bridgehead atoms. The third-order valence-electron chi connectivity index (χ3n) is 3.01. The van der Waals surface area contributed by atoms with Crippen LogP contribution in [0.5, 0.6) is 0 Å². The van der Waals surface area contributed by atoms with Gasteiger partial charge in [-0.05, 0) is 13.5 Å². The molecule has 0 saturated carbocycles. The minimum absolute atomic E-state index is 0.0580. The molecular formula is C11H18N4O2. The first-order chi connectivity index (χ1) is 8.26. The molecular weight excluding hydrogens is 220 g/mol. The van der Waals surface area contributed by atoms with Crippen molar-refractivity contribution < 1.29 is 9.53 Å². The molecule has 6 heteroatoms. The van der Waals surface area contributed by atoms with Crippen molar-refractivity contribution in [1.82, 2.24) is 15.1 Å². The SMILES string of the molecule is CNC1CCN(c2cnn(CCOC)c2)C1=O. The van der Waals surface area contributed by atoms with Gasteiger partial charge in [-0.1, -0.05) is 0 Å². The van der Waals surface area contributed by atoms with E-state index in [1.165, 1.54) is 0 Å². The Balaban J connectivity index is 2.03. The minimum Gasteiger partial charge on any atom is -0.383 e. The molecule has 1 aliphatic heterocycles. The fourth-order valence-electron chi connectivity index (χ4n) is 2.00. The van der Waals surface area contributed by atoms with Crippen molar-refractivity contribution in [3.8, 4) is 0 Å². The number of carbonyl (C=O) groups is 1. The summed E-state index contributed by atoms with van der Waals surface area (Å²) in [7, 11) is 3.47. The van der Waals surface area contributed by atoms with Gasteiger partial charge in [0.1, 0.15) is 0 Å². The van der Waals surface area contributed by atoms with Gasteiger partial charge in [-0.25, -0.2) is 0 Å². The zero-order chi connectivity index (χ0) is 12.3. The summed E-state index contributed by atoms with van der Waals surface area (Å²) in [6, 6.07) is -0.0580. The molecule has 1 fully saturated rings. The van der Waals surface area contributed by atoms with E-state index in [9.17, 15) is 4.79 Å². The lowest BCUT2D eigenvalue weighted by atomic mass is 10.3. The Hall–Kier alpha value is -1.40. The molecule has 2 heterocycles.